The summed E-state index contributed by atoms with van der Waals surface area (Å²) in [4.78, 5) is 28.2. The molecule has 9 nitrogen and oxygen atoms in total. The van der Waals surface area contributed by atoms with E-state index >= 15 is 0 Å². The molecule has 10 heteroatoms. The first-order chi connectivity index (χ1) is 20.4. The average Bonchev–Trinajstić information content (AvgIpc) is 3.01. The van der Waals surface area contributed by atoms with Crippen LogP contribution < -0.4 is 10.5 Å². The smallest absolute Gasteiger partial charge is 0.341 e. The molecule has 1 saturated heterocycles. The highest BCUT2D eigenvalue weighted by molar-refractivity contribution is 6.30. The SMILES string of the molecule is C.COC(=O)c1cc(C#CCCN(O)C(N)=O)ccc1OCCN1CCN([C@H](c2ccccc2)c2ccc(Cl)cc2)CC1. The van der Waals surface area contributed by atoms with E-state index in [-0.39, 0.29) is 32.0 Å². The lowest BCUT2D eigenvalue weighted by Crippen LogP contribution is -2.48. The number of hydrogen-bond donors (Lipinski definition) is 2. The van der Waals surface area contributed by atoms with Gasteiger partial charge in [-0.25, -0.2) is 14.7 Å². The summed E-state index contributed by atoms with van der Waals surface area (Å²) in [7, 11) is 1.32. The van der Waals surface area contributed by atoms with E-state index in [1.54, 1.807) is 18.2 Å². The minimum Gasteiger partial charge on any atom is -0.491 e. The van der Waals surface area contributed by atoms with Crippen LogP contribution in [-0.4, -0.2) is 85.1 Å². The number of primary amides is 1. The molecule has 0 aliphatic carbocycles. The molecule has 2 amide bonds. The van der Waals surface area contributed by atoms with Crippen LogP contribution in [0.5, 0.6) is 5.75 Å². The van der Waals surface area contributed by atoms with E-state index in [1.165, 1.54) is 18.2 Å². The Bertz CT molecular complexity index is 1400. The molecule has 0 spiro atoms. The van der Waals surface area contributed by atoms with Gasteiger partial charge in [0.25, 0.3) is 0 Å². The number of amides is 2. The number of methoxy groups -OCH3 is 1. The van der Waals surface area contributed by atoms with E-state index in [0.717, 1.165) is 31.2 Å². The van der Waals surface area contributed by atoms with Gasteiger partial charge in [0.2, 0.25) is 0 Å². The Balaban J connectivity index is 0.00000506. The summed E-state index contributed by atoms with van der Waals surface area (Å²) < 4.78 is 11.0. The molecule has 0 unspecified atom stereocenters. The molecular formula is C33H39ClN4O5. The van der Waals surface area contributed by atoms with Gasteiger partial charge in [0, 0.05) is 49.7 Å². The van der Waals surface area contributed by atoms with Gasteiger partial charge >= 0.3 is 12.0 Å². The molecule has 1 aliphatic heterocycles. The number of benzene rings is 3. The van der Waals surface area contributed by atoms with Gasteiger partial charge in [-0.2, -0.15) is 0 Å². The predicted octanol–water partition coefficient (Wildman–Crippen LogP) is 5.06. The van der Waals surface area contributed by atoms with E-state index in [0.29, 0.717) is 29.5 Å². The summed E-state index contributed by atoms with van der Waals surface area (Å²) in [5.41, 5.74) is 8.31. The maximum absolute atomic E-state index is 12.4. The molecule has 0 saturated carbocycles. The molecule has 43 heavy (non-hydrogen) atoms. The molecule has 4 rings (SSSR count). The van der Waals surface area contributed by atoms with Crippen LogP contribution in [-0.2, 0) is 4.74 Å². The predicted molar refractivity (Wildman–Crippen MR) is 167 cm³/mol. The second-order valence-electron chi connectivity index (χ2n) is 9.81. The van der Waals surface area contributed by atoms with Crippen molar-refractivity contribution < 1.29 is 24.3 Å². The topological polar surface area (TPSA) is 109 Å². The van der Waals surface area contributed by atoms with Crippen molar-refractivity contribution in [2.24, 2.45) is 5.73 Å². The summed E-state index contributed by atoms with van der Waals surface area (Å²) in [5, 5.41) is 10.5. The largest absolute Gasteiger partial charge is 0.491 e. The van der Waals surface area contributed by atoms with E-state index < -0.39 is 12.0 Å². The molecule has 0 radical (unpaired) electrons. The lowest BCUT2D eigenvalue weighted by atomic mass is 9.96. The Morgan fingerprint density at radius 3 is 2.35 bits per heavy atom. The van der Waals surface area contributed by atoms with Gasteiger partial charge in [-0.05, 0) is 41.5 Å². The number of halogens is 1. The van der Waals surface area contributed by atoms with Crippen molar-refractivity contribution in [2.45, 2.75) is 19.9 Å². The third-order valence-electron chi connectivity index (χ3n) is 7.06. The number of nitrogens with zero attached hydrogens (tertiary/aromatic N) is 3. The van der Waals surface area contributed by atoms with Crippen molar-refractivity contribution in [3.8, 4) is 17.6 Å². The van der Waals surface area contributed by atoms with Crippen molar-refractivity contribution in [1.82, 2.24) is 14.9 Å². The van der Waals surface area contributed by atoms with Gasteiger partial charge < -0.3 is 15.2 Å². The Morgan fingerprint density at radius 2 is 1.70 bits per heavy atom. The van der Waals surface area contributed by atoms with Crippen molar-refractivity contribution in [2.75, 3.05) is 53.0 Å². The first-order valence-corrected chi connectivity index (χ1v) is 14.1. The number of nitrogens with two attached hydrogens (primary N) is 1. The quantitative estimate of drug-likeness (QED) is 0.144. The number of piperazine rings is 1. The molecular weight excluding hydrogens is 568 g/mol. The minimum atomic E-state index is -0.942. The van der Waals surface area contributed by atoms with Crippen molar-refractivity contribution in [3.63, 3.8) is 0 Å². The minimum absolute atomic E-state index is 0. The summed E-state index contributed by atoms with van der Waals surface area (Å²) >= 11 is 6.16. The summed E-state index contributed by atoms with van der Waals surface area (Å²) in [6.45, 7) is 4.68. The van der Waals surface area contributed by atoms with Crippen LogP contribution in [0.4, 0.5) is 4.79 Å². The normalized spacial score (nSPS) is 14.0. The summed E-state index contributed by atoms with van der Waals surface area (Å²) in [6, 6.07) is 22.9. The van der Waals surface area contributed by atoms with Crippen molar-refractivity contribution in [3.05, 3.63) is 100 Å². The molecule has 3 aromatic rings. The molecule has 1 aliphatic rings. The van der Waals surface area contributed by atoms with E-state index in [4.69, 9.17) is 26.8 Å². The molecule has 0 bridgehead atoms. The third-order valence-corrected chi connectivity index (χ3v) is 7.31. The van der Waals surface area contributed by atoms with Crippen molar-refractivity contribution >= 4 is 23.6 Å². The van der Waals surface area contributed by atoms with E-state index in [1.807, 2.05) is 18.2 Å². The van der Waals surface area contributed by atoms with Gasteiger partial charge in [-0.1, -0.05) is 73.3 Å². The molecule has 1 atom stereocenters. The van der Waals surface area contributed by atoms with Gasteiger partial charge in [0.05, 0.1) is 19.7 Å². The molecule has 1 fully saturated rings. The fourth-order valence-corrected chi connectivity index (χ4v) is 4.99. The number of ether oxygens (including phenoxy) is 2. The number of hydroxylamine groups is 2. The van der Waals surface area contributed by atoms with Gasteiger partial charge in [0.1, 0.15) is 17.9 Å². The molecule has 228 valence electrons. The first kappa shape index (κ1) is 33.4. The van der Waals surface area contributed by atoms with E-state index in [2.05, 4.69) is 58.0 Å². The number of urea groups is 1. The van der Waals surface area contributed by atoms with Crippen LogP contribution in [0.25, 0.3) is 0 Å². The maximum atomic E-state index is 12.4. The Kier molecular flexibility index (Phi) is 12.9. The van der Waals surface area contributed by atoms with Crippen LogP contribution in [0.1, 0.15) is 46.9 Å². The molecule has 1 heterocycles. The third kappa shape index (κ3) is 9.46. The monoisotopic (exact) mass is 606 g/mol. The van der Waals surface area contributed by atoms with Crippen LogP contribution >= 0.6 is 11.6 Å². The number of hydrogen-bond acceptors (Lipinski definition) is 7. The lowest BCUT2D eigenvalue weighted by Gasteiger charge is -2.39. The maximum Gasteiger partial charge on any atom is 0.341 e. The fourth-order valence-electron chi connectivity index (χ4n) is 4.86. The van der Waals surface area contributed by atoms with Crippen LogP contribution in [0.15, 0.2) is 72.8 Å². The van der Waals surface area contributed by atoms with Gasteiger partial charge in [-0.15, -0.1) is 0 Å². The van der Waals surface area contributed by atoms with E-state index in [9.17, 15) is 14.8 Å². The van der Waals surface area contributed by atoms with Crippen LogP contribution in [0, 0.1) is 11.8 Å². The highest BCUT2D eigenvalue weighted by atomic mass is 35.5. The van der Waals surface area contributed by atoms with Gasteiger partial charge in [-0.3, -0.25) is 15.0 Å². The molecule has 3 aromatic carbocycles. The second kappa shape index (κ2) is 16.5. The number of carbonyl (C=O) groups excluding carboxylic acids is 2. The molecule has 3 N–H and O–H groups in total. The second-order valence-corrected chi connectivity index (χ2v) is 10.2. The van der Waals surface area contributed by atoms with Crippen LogP contribution in [0.3, 0.4) is 0 Å². The van der Waals surface area contributed by atoms with Crippen molar-refractivity contribution in [1.29, 1.82) is 0 Å². The Labute approximate surface area is 258 Å². The average molecular weight is 607 g/mol. The first-order valence-electron chi connectivity index (χ1n) is 13.7. The Morgan fingerprint density at radius 1 is 1.02 bits per heavy atom. The Hall–Kier alpha value is -4.07. The summed E-state index contributed by atoms with van der Waals surface area (Å²) in [5.74, 6) is 5.66. The number of rotatable bonds is 10. The standard InChI is InChI=1S/C32H35ClN4O5.CH4/c1-41-31(38)28-23-24(7-5-6-16-37(40)32(34)39)10-15-29(28)42-22-21-35-17-19-36(20-18-35)30(25-8-3-2-4-9-25)26-11-13-27(33)14-12-26;/h2-4,8-15,23,30,40H,6,16-22H2,1H3,(H2,34,39);1H4/t30-;/m1./s1. The molecule has 0 aromatic heterocycles. The fraction of sp³-hybridized carbons (Fsp3) is 0.333. The highest BCUT2D eigenvalue weighted by Crippen LogP contribution is 2.30. The zero-order valence-corrected chi connectivity index (χ0v) is 24.3. The van der Waals surface area contributed by atoms with Crippen LogP contribution in [0.2, 0.25) is 5.02 Å². The number of esters is 1. The zero-order chi connectivity index (χ0) is 29.9. The summed E-state index contributed by atoms with van der Waals surface area (Å²) in [6.07, 6.45) is 0.213. The highest BCUT2D eigenvalue weighted by Gasteiger charge is 2.26. The zero-order valence-electron chi connectivity index (χ0n) is 23.5. The van der Waals surface area contributed by atoms with Gasteiger partial charge in [0.15, 0.2) is 0 Å². The number of carbonyl (C=O) groups is 2. The lowest BCUT2D eigenvalue weighted by molar-refractivity contribution is -0.0372.